The lowest BCUT2D eigenvalue weighted by molar-refractivity contribution is 0.0788. The molecule has 0 radical (unpaired) electrons. The van der Waals surface area contributed by atoms with Crippen LogP contribution in [-0.2, 0) is 0 Å². The molecule has 0 aliphatic carbocycles. The number of imidazole rings is 1. The molecule has 1 aliphatic heterocycles. The normalized spacial score (nSPS) is 15.0. The summed E-state index contributed by atoms with van der Waals surface area (Å²) in [4.78, 5) is 22.3. The maximum absolute atomic E-state index is 13.2. The summed E-state index contributed by atoms with van der Waals surface area (Å²) in [7, 11) is 0. The molecule has 0 unspecified atom stereocenters. The Labute approximate surface area is 196 Å². The highest BCUT2D eigenvalue weighted by Crippen LogP contribution is 2.33. The Morgan fingerprint density at radius 2 is 1.71 bits per heavy atom. The van der Waals surface area contributed by atoms with E-state index in [1.165, 1.54) is 12.8 Å². The van der Waals surface area contributed by atoms with Gasteiger partial charge in [-0.25, -0.2) is 15.0 Å². The Bertz CT molecular complexity index is 1110. The minimum atomic E-state index is -0.258. The van der Waals surface area contributed by atoms with Crippen LogP contribution in [0, 0.1) is 6.92 Å². The fourth-order valence-electron chi connectivity index (χ4n) is 3.74. The van der Waals surface area contributed by atoms with Gasteiger partial charge in [0.25, 0.3) is 5.91 Å². The number of nitrogens with one attached hydrogen (secondary N) is 1. The molecule has 0 saturated carbocycles. The molecule has 0 atom stereocenters. The van der Waals surface area contributed by atoms with Crippen molar-refractivity contribution in [2.45, 2.75) is 32.6 Å². The molecule has 4 rings (SSSR count). The van der Waals surface area contributed by atoms with E-state index in [1.807, 2.05) is 11.9 Å². The fraction of sp³-hybridized carbons (Fsp3) is 0.318. The second kappa shape index (κ2) is 9.57. The smallest absolute Gasteiger partial charge is 0.283 e. The first-order valence-electron chi connectivity index (χ1n) is 10.2. The number of amides is 1. The van der Waals surface area contributed by atoms with Crippen LogP contribution in [0.25, 0.3) is 17.2 Å². The molecule has 1 aromatic carbocycles. The monoisotopic (exact) mass is 477 g/mol. The zero-order valence-corrected chi connectivity index (χ0v) is 19.3. The molecular weight excluding hydrogens is 457 g/mol. The van der Waals surface area contributed by atoms with Crippen molar-refractivity contribution in [3.63, 3.8) is 0 Å². The zero-order chi connectivity index (χ0) is 22.0. The van der Waals surface area contributed by atoms with Gasteiger partial charge >= 0.3 is 0 Å². The third-order valence-corrected chi connectivity index (χ3v) is 6.08. The van der Waals surface area contributed by atoms with Crippen molar-refractivity contribution < 1.29 is 4.79 Å². The third-order valence-electron chi connectivity index (χ3n) is 5.30. The van der Waals surface area contributed by atoms with E-state index in [9.17, 15) is 4.79 Å². The van der Waals surface area contributed by atoms with Crippen LogP contribution in [0.4, 0.5) is 0 Å². The molecule has 1 N–H and O–H groups in total. The molecular formula is C22H22Cl3N5O. The fourth-order valence-corrected chi connectivity index (χ4v) is 4.39. The average Bonchev–Trinajstić information content (AvgIpc) is 2.88. The Hall–Kier alpha value is -2.12. The molecule has 1 aliphatic rings. The van der Waals surface area contributed by atoms with Crippen molar-refractivity contribution in [2.75, 3.05) is 13.1 Å². The highest BCUT2D eigenvalue weighted by molar-refractivity contribution is 6.36. The molecule has 1 fully saturated rings. The van der Waals surface area contributed by atoms with Gasteiger partial charge in [-0.3, -0.25) is 14.8 Å². The van der Waals surface area contributed by atoms with Crippen LogP contribution in [0.15, 0.2) is 36.5 Å². The van der Waals surface area contributed by atoms with Crippen LogP contribution in [0.5, 0.6) is 0 Å². The number of halogens is 3. The van der Waals surface area contributed by atoms with Gasteiger partial charge in [0, 0.05) is 41.0 Å². The Kier molecular flexibility index (Phi) is 6.82. The quantitative estimate of drug-likeness (QED) is 0.520. The van der Waals surface area contributed by atoms with Crippen molar-refractivity contribution in [3.8, 4) is 17.2 Å². The van der Waals surface area contributed by atoms with Crippen molar-refractivity contribution in [1.29, 1.82) is 0 Å². The second-order valence-electron chi connectivity index (χ2n) is 7.50. The zero-order valence-electron chi connectivity index (χ0n) is 17.0. The molecule has 162 valence electrons. The van der Waals surface area contributed by atoms with Gasteiger partial charge in [0.2, 0.25) is 0 Å². The molecule has 6 nitrogen and oxygen atoms in total. The minimum absolute atomic E-state index is 0.258. The van der Waals surface area contributed by atoms with Crippen LogP contribution in [0.2, 0.25) is 15.1 Å². The first kappa shape index (κ1) is 22.1. The Balaban J connectivity index is 1.79. The van der Waals surface area contributed by atoms with Gasteiger partial charge in [-0.2, -0.15) is 0 Å². The van der Waals surface area contributed by atoms with E-state index in [-0.39, 0.29) is 5.91 Å². The summed E-state index contributed by atoms with van der Waals surface area (Å²) >= 11 is 18.8. The van der Waals surface area contributed by atoms with E-state index in [1.54, 1.807) is 41.1 Å². The Morgan fingerprint density at radius 1 is 1.00 bits per heavy atom. The minimum Gasteiger partial charge on any atom is -0.283 e. The third kappa shape index (κ3) is 4.88. The summed E-state index contributed by atoms with van der Waals surface area (Å²) in [6, 6.07) is 8.58. The first-order chi connectivity index (χ1) is 14.9. The number of nitrogens with zero attached hydrogens (tertiary/aromatic N) is 4. The van der Waals surface area contributed by atoms with Crippen molar-refractivity contribution >= 4 is 40.7 Å². The highest BCUT2D eigenvalue weighted by Gasteiger charge is 2.25. The molecule has 2 aromatic heterocycles. The number of pyridine rings is 1. The predicted molar refractivity (Wildman–Crippen MR) is 124 cm³/mol. The highest BCUT2D eigenvalue weighted by atomic mass is 35.5. The number of carbonyl (C=O) groups is 1. The van der Waals surface area contributed by atoms with Gasteiger partial charge in [0.05, 0.1) is 10.7 Å². The van der Waals surface area contributed by atoms with Gasteiger partial charge in [0.15, 0.2) is 5.69 Å². The number of hydrogen-bond acceptors (Lipinski definition) is 4. The van der Waals surface area contributed by atoms with E-state index >= 15 is 0 Å². The van der Waals surface area contributed by atoms with E-state index in [4.69, 9.17) is 34.8 Å². The number of hydrogen-bond donors (Lipinski definition) is 1. The van der Waals surface area contributed by atoms with Gasteiger partial charge in [0.1, 0.15) is 11.6 Å². The number of rotatable bonds is 4. The molecule has 1 amide bonds. The maximum Gasteiger partial charge on any atom is 0.286 e. The van der Waals surface area contributed by atoms with Gasteiger partial charge in [-0.15, -0.1) is 0 Å². The summed E-state index contributed by atoms with van der Waals surface area (Å²) < 4.78 is 1.79. The van der Waals surface area contributed by atoms with Crippen LogP contribution in [0.3, 0.4) is 0 Å². The lowest BCUT2D eigenvalue weighted by atomic mass is 10.2. The summed E-state index contributed by atoms with van der Waals surface area (Å²) in [5.74, 6) is 0.786. The van der Waals surface area contributed by atoms with Gasteiger partial charge in [-0.1, -0.05) is 47.6 Å². The number of carbonyl (C=O) groups excluding carboxylic acids is 1. The Morgan fingerprint density at radius 3 is 2.39 bits per heavy atom. The molecule has 3 heterocycles. The summed E-state index contributed by atoms with van der Waals surface area (Å²) in [6.45, 7) is 3.49. The number of aromatic nitrogens is 3. The van der Waals surface area contributed by atoms with Crippen molar-refractivity contribution in [2.24, 2.45) is 0 Å². The van der Waals surface area contributed by atoms with E-state index < -0.39 is 0 Å². The van der Waals surface area contributed by atoms with Gasteiger partial charge in [-0.05, 0) is 44.0 Å². The molecule has 3 aromatic rings. The van der Waals surface area contributed by atoms with Crippen LogP contribution >= 0.6 is 34.8 Å². The SMILES string of the molecule is Cc1c(C(=O)NN2CCCCCC2)nc(-c2ccc(Cl)cc2Cl)n1-c1cc(Cl)ccn1. The summed E-state index contributed by atoms with van der Waals surface area (Å²) in [5, 5.41) is 3.45. The van der Waals surface area contributed by atoms with Crippen molar-refractivity contribution in [3.05, 3.63) is 63.0 Å². The van der Waals surface area contributed by atoms with E-state index in [2.05, 4.69) is 15.4 Å². The molecule has 31 heavy (non-hydrogen) atoms. The van der Waals surface area contributed by atoms with E-state index in [0.29, 0.717) is 43.7 Å². The standard InChI is InChI=1S/C22H22Cl3N5O/c1-14-20(22(31)28-29-10-4-2-3-5-11-29)27-21(17-7-6-15(23)12-18(17)25)30(14)19-13-16(24)8-9-26-19/h6-9,12-13H,2-5,10-11H2,1H3,(H,28,31). The summed E-state index contributed by atoms with van der Waals surface area (Å²) in [5.41, 5.74) is 4.61. The lowest BCUT2D eigenvalue weighted by Gasteiger charge is -2.20. The first-order valence-corrected chi connectivity index (χ1v) is 11.3. The van der Waals surface area contributed by atoms with Crippen molar-refractivity contribution in [1.82, 2.24) is 25.0 Å². The molecule has 9 heteroatoms. The van der Waals surface area contributed by atoms with Gasteiger partial charge < -0.3 is 0 Å². The maximum atomic E-state index is 13.2. The molecule has 0 bridgehead atoms. The largest absolute Gasteiger partial charge is 0.286 e. The topological polar surface area (TPSA) is 63.1 Å². The number of hydrazine groups is 1. The van der Waals surface area contributed by atoms with Crippen LogP contribution in [-0.4, -0.2) is 38.5 Å². The second-order valence-corrected chi connectivity index (χ2v) is 8.78. The van der Waals surface area contributed by atoms with E-state index in [0.717, 1.165) is 25.9 Å². The number of benzene rings is 1. The predicted octanol–water partition coefficient (Wildman–Crippen LogP) is 5.72. The lowest BCUT2D eigenvalue weighted by Crippen LogP contribution is -2.43. The van der Waals surface area contributed by atoms with Crippen LogP contribution < -0.4 is 5.43 Å². The molecule has 1 saturated heterocycles. The molecule has 0 spiro atoms. The average molecular weight is 479 g/mol. The van der Waals surface area contributed by atoms with Crippen LogP contribution in [0.1, 0.15) is 41.9 Å². The summed E-state index contributed by atoms with van der Waals surface area (Å²) in [6.07, 6.45) is 6.10.